The van der Waals surface area contributed by atoms with Crippen molar-refractivity contribution in [2.24, 2.45) is 23.7 Å². The third kappa shape index (κ3) is 3.17. The lowest BCUT2D eigenvalue weighted by Crippen LogP contribution is -2.48. The summed E-state index contributed by atoms with van der Waals surface area (Å²) in [5.41, 5.74) is 5.38. The predicted molar refractivity (Wildman–Crippen MR) is 89.4 cm³/mol. The Kier molecular flexibility index (Phi) is 4.89. The topological polar surface area (TPSA) is 95.5 Å². The molecule has 2 aliphatic carbocycles. The van der Waals surface area contributed by atoms with Gasteiger partial charge in [0.15, 0.2) is 0 Å². The molecule has 3 N–H and O–H groups in total. The summed E-state index contributed by atoms with van der Waals surface area (Å²) < 4.78 is 0. The summed E-state index contributed by atoms with van der Waals surface area (Å²) in [5, 5.41) is 11.2. The summed E-state index contributed by atoms with van der Waals surface area (Å²) in [6, 6.07) is 1.83. The standard InChI is InChI=1S/C17H22N2O4S/c1-2-3-12-7-11(8-24-12)15(20)18-19-16(21)13-9-4-5-10(6-9)14(13)17(22)23/h7-10,13-14H,2-6H2,1H3,(H,18,20)(H,19,21)(H,22,23)/t9-,10-,13-,14-/m0/s1. The van der Waals surface area contributed by atoms with Gasteiger partial charge in [0.2, 0.25) is 5.91 Å². The molecule has 0 spiro atoms. The van der Waals surface area contributed by atoms with Crippen molar-refractivity contribution in [2.75, 3.05) is 0 Å². The maximum atomic E-state index is 12.4. The molecule has 2 aliphatic rings. The van der Waals surface area contributed by atoms with E-state index in [1.54, 1.807) is 5.38 Å². The fourth-order valence-electron chi connectivity index (χ4n) is 4.17. The molecule has 1 aromatic heterocycles. The van der Waals surface area contributed by atoms with E-state index < -0.39 is 17.8 Å². The molecule has 24 heavy (non-hydrogen) atoms. The van der Waals surface area contributed by atoms with E-state index in [9.17, 15) is 19.5 Å². The molecule has 1 aromatic rings. The van der Waals surface area contributed by atoms with Crippen LogP contribution in [0.5, 0.6) is 0 Å². The molecule has 2 bridgehead atoms. The first-order valence-corrected chi connectivity index (χ1v) is 9.29. The molecule has 130 valence electrons. The number of nitrogens with one attached hydrogen (secondary N) is 2. The highest BCUT2D eigenvalue weighted by Gasteiger charge is 2.54. The molecule has 6 nitrogen and oxygen atoms in total. The van der Waals surface area contributed by atoms with Gasteiger partial charge in [0.1, 0.15) is 0 Å². The second-order valence-corrected chi connectivity index (χ2v) is 7.71. The van der Waals surface area contributed by atoms with Gasteiger partial charge in [-0.15, -0.1) is 11.3 Å². The van der Waals surface area contributed by atoms with E-state index in [0.717, 1.165) is 37.0 Å². The number of carbonyl (C=O) groups excluding carboxylic acids is 2. The number of aryl methyl sites for hydroxylation is 1. The Labute approximate surface area is 144 Å². The van der Waals surface area contributed by atoms with E-state index in [4.69, 9.17) is 0 Å². The number of thiophene rings is 1. The number of amides is 2. The molecule has 0 radical (unpaired) electrons. The maximum absolute atomic E-state index is 12.4. The number of carboxylic acids is 1. The maximum Gasteiger partial charge on any atom is 0.307 e. The van der Waals surface area contributed by atoms with Crippen molar-refractivity contribution in [3.63, 3.8) is 0 Å². The van der Waals surface area contributed by atoms with E-state index >= 15 is 0 Å². The van der Waals surface area contributed by atoms with Crippen LogP contribution in [-0.4, -0.2) is 22.9 Å². The van der Waals surface area contributed by atoms with E-state index in [0.29, 0.717) is 5.56 Å². The molecule has 1 heterocycles. The van der Waals surface area contributed by atoms with E-state index in [-0.39, 0.29) is 23.7 Å². The first-order valence-electron chi connectivity index (χ1n) is 8.41. The van der Waals surface area contributed by atoms with Crippen LogP contribution in [0.15, 0.2) is 11.4 Å². The lowest BCUT2D eigenvalue weighted by Gasteiger charge is -2.26. The summed E-state index contributed by atoms with van der Waals surface area (Å²) in [6.45, 7) is 2.08. The average molecular weight is 350 g/mol. The van der Waals surface area contributed by atoms with Crippen LogP contribution in [0.4, 0.5) is 0 Å². The zero-order chi connectivity index (χ0) is 17.3. The van der Waals surface area contributed by atoms with Gasteiger partial charge < -0.3 is 5.11 Å². The van der Waals surface area contributed by atoms with Crippen LogP contribution in [0.2, 0.25) is 0 Å². The van der Waals surface area contributed by atoms with Crippen molar-refractivity contribution in [1.82, 2.24) is 10.9 Å². The molecule has 2 saturated carbocycles. The van der Waals surface area contributed by atoms with Crippen LogP contribution < -0.4 is 10.9 Å². The number of aliphatic carboxylic acids is 1. The molecule has 2 amide bonds. The zero-order valence-electron chi connectivity index (χ0n) is 13.6. The largest absolute Gasteiger partial charge is 0.481 e. The number of hydrogen-bond acceptors (Lipinski definition) is 4. The molecule has 2 fully saturated rings. The Morgan fingerprint density at radius 1 is 1.21 bits per heavy atom. The number of fused-ring (bicyclic) bond motifs is 2. The van der Waals surface area contributed by atoms with Crippen LogP contribution in [0.1, 0.15) is 47.8 Å². The number of hydrazine groups is 1. The summed E-state index contributed by atoms with van der Waals surface area (Å²) >= 11 is 1.52. The van der Waals surface area contributed by atoms with Crippen molar-refractivity contribution in [1.29, 1.82) is 0 Å². The van der Waals surface area contributed by atoms with Crippen LogP contribution in [0.25, 0.3) is 0 Å². The van der Waals surface area contributed by atoms with Crippen LogP contribution in [0.3, 0.4) is 0 Å². The normalized spacial score (nSPS) is 27.9. The lowest BCUT2D eigenvalue weighted by molar-refractivity contribution is -0.149. The van der Waals surface area contributed by atoms with Gasteiger partial charge in [0.25, 0.3) is 5.91 Å². The van der Waals surface area contributed by atoms with Crippen molar-refractivity contribution in [3.05, 3.63) is 21.9 Å². The molecule has 3 rings (SSSR count). The van der Waals surface area contributed by atoms with Gasteiger partial charge in [0, 0.05) is 10.3 Å². The van der Waals surface area contributed by atoms with Gasteiger partial charge in [-0.1, -0.05) is 13.3 Å². The number of rotatable bonds is 5. The molecule has 7 heteroatoms. The number of carboxylic acid groups (broad SMARTS) is 1. The van der Waals surface area contributed by atoms with Gasteiger partial charge in [-0.25, -0.2) is 0 Å². The molecule has 0 aromatic carbocycles. The van der Waals surface area contributed by atoms with Crippen molar-refractivity contribution in [2.45, 2.75) is 39.0 Å². The average Bonchev–Trinajstić information content (AvgIpc) is 3.27. The third-order valence-electron chi connectivity index (χ3n) is 5.22. The van der Waals surface area contributed by atoms with Crippen molar-refractivity contribution < 1.29 is 19.5 Å². The van der Waals surface area contributed by atoms with Crippen LogP contribution in [-0.2, 0) is 16.0 Å². The molecular formula is C17H22N2O4S. The highest BCUT2D eigenvalue weighted by molar-refractivity contribution is 7.10. The lowest BCUT2D eigenvalue weighted by atomic mass is 9.79. The Balaban J connectivity index is 1.58. The Hall–Kier alpha value is -1.89. The molecule has 0 aliphatic heterocycles. The van der Waals surface area contributed by atoms with Gasteiger partial charge in [-0.05, 0) is 43.6 Å². The second kappa shape index (κ2) is 6.93. The minimum atomic E-state index is -0.907. The highest BCUT2D eigenvalue weighted by Crippen LogP contribution is 2.52. The SMILES string of the molecule is CCCc1cc(C(=O)NNC(=O)[C@H]2[C@H]3CC[C@@H](C3)[C@@H]2C(=O)O)cs1. The summed E-state index contributed by atoms with van der Waals surface area (Å²) in [6.07, 6.45) is 4.51. The smallest absolute Gasteiger partial charge is 0.307 e. The zero-order valence-corrected chi connectivity index (χ0v) is 14.4. The molecule has 0 unspecified atom stereocenters. The van der Waals surface area contributed by atoms with Gasteiger partial charge in [-0.3, -0.25) is 25.2 Å². The molecule has 0 saturated heterocycles. The Bertz CT molecular complexity index is 657. The minimum absolute atomic E-state index is 0.0902. The quantitative estimate of drug-likeness (QED) is 0.710. The van der Waals surface area contributed by atoms with Crippen molar-refractivity contribution >= 4 is 29.1 Å². The highest BCUT2D eigenvalue weighted by atomic mass is 32.1. The summed E-state index contributed by atoms with van der Waals surface area (Å²) in [5.74, 6) is -2.62. The van der Waals surface area contributed by atoms with Gasteiger partial charge in [-0.2, -0.15) is 0 Å². The van der Waals surface area contributed by atoms with Gasteiger partial charge in [0.05, 0.1) is 17.4 Å². The van der Waals surface area contributed by atoms with Crippen molar-refractivity contribution in [3.8, 4) is 0 Å². The first-order chi connectivity index (χ1) is 11.5. The van der Waals surface area contributed by atoms with Crippen LogP contribution >= 0.6 is 11.3 Å². The summed E-state index contributed by atoms with van der Waals surface area (Å²) in [4.78, 5) is 37.1. The fraction of sp³-hybridized carbons (Fsp3) is 0.588. The van der Waals surface area contributed by atoms with Gasteiger partial charge >= 0.3 is 5.97 Å². The number of hydrogen-bond donors (Lipinski definition) is 3. The Morgan fingerprint density at radius 3 is 2.58 bits per heavy atom. The Morgan fingerprint density at radius 2 is 1.92 bits per heavy atom. The second-order valence-electron chi connectivity index (χ2n) is 6.72. The molecular weight excluding hydrogens is 328 g/mol. The summed E-state index contributed by atoms with van der Waals surface area (Å²) in [7, 11) is 0. The first kappa shape index (κ1) is 17.0. The van der Waals surface area contributed by atoms with E-state index in [1.165, 1.54) is 11.3 Å². The predicted octanol–water partition coefficient (Wildman–Crippen LogP) is 2.21. The molecule has 4 atom stereocenters. The third-order valence-corrected chi connectivity index (χ3v) is 6.21. The fourth-order valence-corrected chi connectivity index (χ4v) is 5.15. The monoisotopic (exact) mass is 350 g/mol. The van der Waals surface area contributed by atoms with E-state index in [2.05, 4.69) is 17.8 Å². The number of carbonyl (C=O) groups is 3. The minimum Gasteiger partial charge on any atom is -0.481 e. The van der Waals surface area contributed by atoms with Crippen LogP contribution in [0, 0.1) is 23.7 Å². The van der Waals surface area contributed by atoms with E-state index in [1.807, 2.05) is 6.07 Å².